The summed E-state index contributed by atoms with van der Waals surface area (Å²) in [6.45, 7) is 5.40. The van der Waals surface area contributed by atoms with Crippen molar-refractivity contribution in [2.75, 3.05) is 19.6 Å². The van der Waals surface area contributed by atoms with Gasteiger partial charge in [-0.05, 0) is 44.3 Å². The van der Waals surface area contributed by atoms with Crippen molar-refractivity contribution in [3.63, 3.8) is 0 Å². The highest BCUT2D eigenvalue weighted by atomic mass is 14.9. The second-order valence-corrected chi connectivity index (χ2v) is 4.60. The van der Waals surface area contributed by atoms with Crippen molar-refractivity contribution in [2.24, 2.45) is 10.9 Å². The lowest BCUT2D eigenvalue weighted by molar-refractivity contribution is 0.383. The molecule has 0 bridgehead atoms. The second kappa shape index (κ2) is 5.80. The molecule has 1 aromatic rings. The summed E-state index contributed by atoms with van der Waals surface area (Å²) >= 11 is 0. The Bertz CT molecular complexity index is 334. The summed E-state index contributed by atoms with van der Waals surface area (Å²) in [5.41, 5.74) is 2.51. The van der Waals surface area contributed by atoms with Gasteiger partial charge in [0.25, 0.3) is 0 Å². The van der Waals surface area contributed by atoms with Crippen LogP contribution in [-0.4, -0.2) is 25.8 Å². The molecule has 2 rings (SSSR count). The summed E-state index contributed by atoms with van der Waals surface area (Å²) in [5.74, 6) is 0.781. The predicted octanol–water partition coefficient (Wildman–Crippen LogP) is 2.41. The number of hydrogen-bond donors (Lipinski definition) is 1. The zero-order valence-corrected chi connectivity index (χ0v) is 9.95. The Morgan fingerprint density at radius 3 is 2.62 bits per heavy atom. The van der Waals surface area contributed by atoms with Crippen molar-refractivity contribution < 1.29 is 0 Å². The fraction of sp³-hybridized carbons (Fsp3) is 0.500. The molecule has 1 heterocycles. The number of aliphatic imine (C=N–C) groups is 1. The van der Waals surface area contributed by atoms with Crippen molar-refractivity contribution in [1.29, 1.82) is 0 Å². The van der Waals surface area contributed by atoms with Gasteiger partial charge in [0.1, 0.15) is 0 Å². The van der Waals surface area contributed by atoms with Crippen molar-refractivity contribution in [1.82, 2.24) is 5.32 Å². The van der Waals surface area contributed by atoms with E-state index < -0.39 is 0 Å². The van der Waals surface area contributed by atoms with Crippen LogP contribution in [0.25, 0.3) is 0 Å². The van der Waals surface area contributed by atoms with E-state index in [-0.39, 0.29) is 0 Å². The van der Waals surface area contributed by atoms with Crippen LogP contribution in [-0.2, 0) is 0 Å². The number of nitrogens with one attached hydrogen (secondary N) is 1. The molecule has 1 fully saturated rings. The Labute approximate surface area is 97.8 Å². The van der Waals surface area contributed by atoms with E-state index in [0.29, 0.717) is 0 Å². The van der Waals surface area contributed by atoms with Gasteiger partial charge in [0.2, 0.25) is 0 Å². The standard InChI is InChI=1S/C14H20N2/c1-12-2-4-13(5-3-12)10-16-11-14-6-8-15-9-7-14/h2-5,10,14-15H,6-9,11H2,1H3. The Morgan fingerprint density at radius 1 is 1.25 bits per heavy atom. The first-order valence-corrected chi connectivity index (χ1v) is 6.12. The van der Waals surface area contributed by atoms with Crippen molar-refractivity contribution in [2.45, 2.75) is 19.8 Å². The molecule has 0 unspecified atom stereocenters. The van der Waals surface area contributed by atoms with Gasteiger partial charge in [-0.15, -0.1) is 0 Å². The topological polar surface area (TPSA) is 24.4 Å². The summed E-state index contributed by atoms with van der Waals surface area (Å²) in [4.78, 5) is 4.54. The highest BCUT2D eigenvalue weighted by Crippen LogP contribution is 2.11. The van der Waals surface area contributed by atoms with E-state index >= 15 is 0 Å². The first-order valence-electron chi connectivity index (χ1n) is 6.12. The Balaban J connectivity index is 1.82. The van der Waals surface area contributed by atoms with Crippen LogP contribution >= 0.6 is 0 Å². The minimum atomic E-state index is 0.781. The molecule has 0 aliphatic carbocycles. The van der Waals surface area contributed by atoms with Gasteiger partial charge >= 0.3 is 0 Å². The van der Waals surface area contributed by atoms with Crippen LogP contribution in [0, 0.1) is 12.8 Å². The molecule has 16 heavy (non-hydrogen) atoms. The molecule has 1 aliphatic rings. The van der Waals surface area contributed by atoms with E-state index in [4.69, 9.17) is 0 Å². The largest absolute Gasteiger partial charge is 0.317 e. The van der Waals surface area contributed by atoms with Crippen LogP contribution in [0.4, 0.5) is 0 Å². The van der Waals surface area contributed by atoms with Gasteiger partial charge in [-0.25, -0.2) is 0 Å². The maximum Gasteiger partial charge on any atom is 0.0418 e. The number of piperidine rings is 1. The quantitative estimate of drug-likeness (QED) is 0.771. The average Bonchev–Trinajstić information content (AvgIpc) is 2.33. The van der Waals surface area contributed by atoms with Crippen LogP contribution < -0.4 is 5.32 Å². The second-order valence-electron chi connectivity index (χ2n) is 4.60. The van der Waals surface area contributed by atoms with E-state index in [1.807, 2.05) is 6.21 Å². The molecule has 1 N–H and O–H groups in total. The maximum atomic E-state index is 4.54. The maximum absolute atomic E-state index is 4.54. The number of nitrogens with zero attached hydrogens (tertiary/aromatic N) is 1. The minimum absolute atomic E-state index is 0.781. The highest BCUT2D eigenvalue weighted by molar-refractivity contribution is 5.79. The van der Waals surface area contributed by atoms with Crippen LogP contribution in [0.2, 0.25) is 0 Å². The van der Waals surface area contributed by atoms with Gasteiger partial charge in [0.05, 0.1) is 0 Å². The minimum Gasteiger partial charge on any atom is -0.317 e. The van der Waals surface area contributed by atoms with Gasteiger partial charge in [-0.1, -0.05) is 29.8 Å². The lowest BCUT2D eigenvalue weighted by Crippen LogP contribution is -2.28. The Hall–Kier alpha value is -1.15. The third kappa shape index (κ3) is 3.46. The van der Waals surface area contributed by atoms with Crippen molar-refractivity contribution in [3.05, 3.63) is 35.4 Å². The summed E-state index contributed by atoms with van der Waals surface area (Å²) in [5, 5.41) is 3.38. The molecule has 86 valence electrons. The summed E-state index contributed by atoms with van der Waals surface area (Å²) in [6, 6.07) is 8.51. The molecule has 1 aliphatic heterocycles. The molecular formula is C14H20N2. The molecule has 0 aromatic heterocycles. The molecule has 2 heteroatoms. The van der Waals surface area contributed by atoms with Crippen LogP contribution in [0.3, 0.4) is 0 Å². The van der Waals surface area contributed by atoms with Gasteiger partial charge in [0.15, 0.2) is 0 Å². The predicted molar refractivity (Wildman–Crippen MR) is 69.2 cm³/mol. The zero-order valence-electron chi connectivity index (χ0n) is 9.95. The highest BCUT2D eigenvalue weighted by Gasteiger charge is 2.11. The van der Waals surface area contributed by atoms with E-state index in [1.54, 1.807) is 0 Å². The van der Waals surface area contributed by atoms with E-state index in [0.717, 1.165) is 25.6 Å². The summed E-state index contributed by atoms with van der Waals surface area (Å²) in [7, 11) is 0. The van der Waals surface area contributed by atoms with Crippen molar-refractivity contribution in [3.8, 4) is 0 Å². The zero-order chi connectivity index (χ0) is 11.2. The summed E-state index contributed by atoms with van der Waals surface area (Å²) < 4.78 is 0. The monoisotopic (exact) mass is 216 g/mol. The van der Waals surface area contributed by atoms with Crippen LogP contribution in [0.1, 0.15) is 24.0 Å². The lowest BCUT2D eigenvalue weighted by Gasteiger charge is -2.20. The third-order valence-corrected chi connectivity index (χ3v) is 3.14. The molecule has 2 nitrogen and oxygen atoms in total. The Morgan fingerprint density at radius 2 is 1.94 bits per heavy atom. The molecule has 0 spiro atoms. The molecule has 0 saturated carbocycles. The van der Waals surface area contributed by atoms with Gasteiger partial charge < -0.3 is 5.32 Å². The average molecular weight is 216 g/mol. The molecule has 1 saturated heterocycles. The normalized spacial score (nSPS) is 18.1. The third-order valence-electron chi connectivity index (χ3n) is 3.14. The number of benzene rings is 1. The smallest absolute Gasteiger partial charge is 0.0418 e. The molecule has 0 radical (unpaired) electrons. The van der Waals surface area contributed by atoms with Crippen molar-refractivity contribution >= 4 is 6.21 Å². The Kier molecular flexibility index (Phi) is 4.11. The summed E-state index contributed by atoms with van der Waals surface area (Å²) in [6.07, 6.45) is 4.54. The lowest BCUT2D eigenvalue weighted by atomic mass is 9.98. The van der Waals surface area contributed by atoms with Crippen LogP contribution in [0.5, 0.6) is 0 Å². The fourth-order valence-corrected chi connectivity index (χ4v) is 2.02. The van der Waals surface area contributed by atoms with Gasteiger partial charge in [-0.3, -0.25) is 4.99 Å². The first kappa shape index (κ1) is 11.3. The molecule has 1 aromatic carbocycles. The van der Waals surface area contributed by atoms with Crippen LogP contribution in [0.15, 0.2) is 29.3 Å². The first-order chi connectivity index (χ1) is 7.84. The molecule has 0 atom stereocenters. The molecule has 0 amide bonds. The van der Waals surface area contributed by atoms with E-state index in [9.17, 15) is 0 Å². The number of rotatable bonds is 3. The number of aryl methyl sites for hydroxylation is 1. The van der Waals surface area contributed by atoms with Gasteiger partial charge in [0, 0.05) is 12.8 Å². The van der Waals surface area contributed by atoms with E-state index in [2.05, 4.69) is 41.5 Å². The van der Waals surface area contributed by atoms with Gasteiger partial charge in [-0.2, -0.15) is 0 Å². The molecular weight excluding hydrogens is 196 g/mol. The fourth-order valence-electron chi connectivity index (χ4n) is 2.02. The SMILES string of the molecule is Cc1ccc(C=NCC2CCNCC2)cc1. The van der Waals surface area contributed by atoms with E-state index in [1.165, 1.54) is 24.0 Å². The number of hydrogen-bond acceptors (Lipinski definition) is 2.